The Morgan fingerprint density at radius 2 is 1.56 bits per heavy atom. The highest BCUT2D eigenvalue weighted by Crippen LogP contribution is 2.45. The van der Waals surface area contributed by atoms with Crippen LogP contribution in [0.15, 0.2) is 0 Å². The highest BCUT2D eigenvalue weighted by atomic mass is 19.4. The summed E-state index contributed by atoms with van der Waals surface area (Å²) in [4.78, 5) is 1.54. The first-order valence-electron chi connectivity index (χ1n) is 6.98. The number of hydrogen-bond acceptors (Lipinski definition) is 2. The summed E-state index contributed by atoms with van der Waals surface area (Å²) in [5, 5.41) is 0. The molecule has 2 aliphatic rings. The molecule has 1 heterocycles. The Balaban J connectivity index is 1.93. The summed E-state index contributed by atoms with van der Waals surface area (Å²) >= 11 is 0. The summed E-state index contributed by atoms with van der Waals surface area (Å²) in [6.07, 6.45) is 3.85. The van der Waals surface area contributed by atoms with Gasteiger partial charge in [-0.3, -0.25) is 4.90 Å². The number of alkyl halides is 3. The van der Waals surface area contributed by atoms with Gasteiger partial charge in [-0.2, -0.15) is 13.2 Å². The second-order valence-corrected chi connectivity index (χ2v) is 5.89. The molecule has 2 N–H and O–H groups in total. The maximum absolute atomic E-state index is 12.8. The van der Waals surface area contributed by atoms with Crippen LogP contribution in [0.1, 0.15) is 44.9 Å². The Kier molecular flexibility index (Phi) is 4.22. The van der Waals surface area contributed by atoms with Crippen LogP contribution in [0.5, 0.6) is 0 Å². The highest BCUT2D eigenvalue weighted by molar-refractivity contribution is 4.91. The zero-order valence-corrected chi connectivity index (χ0v) is 10.8. The minimum absolute atomic E-state index is 0.323. The molecule has 1 saturated heterocycles. The van der Waals surface area contributed by atoms with Crippen molar-refractivity contribution in [2.24, 2.45) is 11.1 Å². The van der Waals surface area contributed by atoms with Gasteiger partial charge in [0.2, 0.25) is 0 Å². The predicted molar refractivity (Wildman–Crippen MR) is 65.2 cm³/mol. The molecular formula is C13H23F3N2. The van der Waals surface area contributed by atoms with Crippen molar-refractivity contribution in [1.29, 1.82) is 0 Å². The Hall–Kier alpha value is -0.290. The molecule has 0 bridgehead atoms. The van der Waals surface area contributed by atoms with Crippen LogP contribution in [0, 0.1) is 5.41 Å². The molecule has 1 aliphatic carbocycles. The average molecular weight is 264 g/mol. The minimum Gasteiger partial charge on any atom is -0.329 e. The maximum Gasteiger partial charge on any atom is 0.405 e. The first-order valence-corrected chi connectivity index (χ1v) is 6.98. The molecule has 2 fully saturated rings. The Labute approximate surface area is 107 Å². The van der Waals surface area contributed by atoms with E-state index >= 15 is 0 Å². The lowest BCUT2D eigenvalue weighted by molar-refractivity contribution is -0.186. The van der Waals surface area contributed by atoms with Gasteiger partial charge in [0.1, 0.15) is 6.04 Å². The van der Waals surface area contributed by atoms with Crippen LogP contribution in [0.25, 0.3) is 0 Å². The second-order valence-electron chi connectivity index (χ2n) is 5.89. The monoisotopic (exact) mass is 264 g/mol. The van der Waals surface area contributed by atoms with E-state index < -0.39 is 12.2 Å². The molecule has 1 saturated carbocycles. The van der Waals surface area contributed by atoms with E-state index in [1.165, 1.54) is 32.1 Å². The first-order chi connectivity index (χ1) is 8.47. The van der Waals surface area contributed by atoms with E-state index in [1.54, 1.807) is 4.90 Å². The molecule has 2 nitrogen and oxygen atoms in total. The number of halogens is 3. The van der Waals surface area contributed by atoms with Crippen LogP contribution < -0.4 is 5.73 Å². The van der Waals surface area contributed by atoms with Crippen LogP contribution in [-0.2, 0) is 0 Å². The second kappa shape index (κ2) is 5.37. The van der Waals surface area contributed by atoms with Crippen molar-refractivity contribution in [2.75, 3.05) is 19.6 Å². The molecular weight excluding hydrogens is 241 g/mol. The lowest BCUT2D eigenvalue weighted by Gasteiger charge is -2.46. The number of likely N-dealkylation sites (tertiary alicyclic amines) is 1. The lowest BCUT2D eigenvalue weighted by atomic mass is 9.68. The predicted octanol–water partition coefficient (Wildman–Crippen LogP) is 2.92. The molecule has 0 aromatic carbocycles. The normalized spacial score (nSPS) is 27.3. The van der Waals surface area contributed by atoms with E-state index in [0.29, 0.717) is 18.5 Å². The molecule has 1 spiro atoms. The van der Waals surface area contributed by atoms with Gasteiger partial charge in [-0.1, -0.05) is 19.3 Å². The van der Waals surface area contributed by atoms with Gasteiger partial charge in [-0.25, -0.2) is 0 Å². The molecule has 0 amide bonds. The molecule has 0 aromatic heterocycles. The van der Waals surface area contributed by atoms with E-state index in [1.807, 2.05) is 0 Å². The third kappa shape index (κ3) is 2.99. The zero-order valence-electron chi connectivity index (χ0n) is 10.8. The van der Waals surface area contributed by atoms with E-state index in [4.69, 9.17) is 5.73 Å². The maximum atomic E-state index is 12.8. The largest absolute Gasteiger partial charge is 0.405 e. The zero-order chi connectivity index (χ0) is 13.2. The number of nitrogens with zero attached hydrogens (tertiary/aromatic N) is 1. The fourth-order valence-corrected chi connectivity index (χ4v) is 3.60. The van der Waals surface area contributed by atoms with Crippen molar-refractivity contribution in [1.82, 2.24) is 4.90 Å². The van der Waals surface area contributed by atoms with E-state index in [9.17, 15) is 13.2 Å². The van der Waals surface area contributed by atoms with Crippen LogP contribution in [0.3, 0.4) is 0 Å². The van der Waals surface area contributed by atoms with Crippen molar-refractivity contribution >= 4 is 0 Å². The van der Waals surface area contributed by atoms with Crippen LogP contribution in [0.4, 0.5) is 13.2 Å². The molecule has 1 unspecified atom stereocenters. The summed E-state index contributed by atoms with van der Waals surface area (Å²) in [7, 11) is 0. The van der Waals surface area contributed by atoms with Crippen molar-refractivity contribution in [2.45, 2.75) is 57.2 Å². The summed E-state index contributed by atoms with van der Waals surface area (Å²) < 4.78 is 38.5. The highest BCUT2D eigenvalue weighted by Gasteiger charge is 2.45. The number of hydrogen-bond donors (Lipinski definition) is 1. The van der Waals surface area contributed by atoms with Crippen molar-refractivity contribution in [3.8, 4) is 0 Å². The van der Waals surface area contributed by atoms with Crippen LogP contribution in [0.2, 0.25) is 0 Å². The van der Waals surface area contributed by atoms with E-state index in [2.05, 4.69) is 0 Å². The van der Waals surface area contributed by atoms with Crippen molar-refractivity contribution in [3.63, 3.8) is 0 Å². The van der Waals surface area contributed by atoms with Crippen LogP contribution in [-0.4, -0.2) is 36.8 Å². The Morgan fingerprint density at radius 3 is 2.00 bits per heavy atom. The third-order valence-electron chi connectivity index (χ3n) is 4.81. The summed E-state index contributed by atoms with van der Waals surface area (Å²) in [5.74, 6) is 0. The van der Waals surface area contributed by atoms with E-state index in [-0.39, 0.29) is 6.54 Å². The first kappa shape index (κ1) is 14.1. The smallest absolute Gasteiger partial charge is 0.329 e. The summed E-state index contributed by atoms with van der Waals surface area (Å²) in [6.45, 7) is 0.791. The molecule has 0 radical (unpaired) electrons. The fraction of sp³-hybridized carbons (Fsp3) is 1.00. The number of nitrogens with two attached hydrogens (primary N) is 1. The van der Waals surface area contributed by atoms with Gasteiger partial charge in [-0.05, 0) is 44.2 Å². The minimum atomic E-state index is -4.19. The third-order valence-corrected chi connectivity index (χ3v) is 4.81. The van der Waals surface area contributed by atoms with Gasteiger partial charge in [-0.15, -0.1) is 0 Å². The quantitative estimate of drug-likeness (QED) is 0.831. The lowest BCUT2D eigenvalue weighted by Crippen LogP contribution is -2.54. The molecule has 0 aromatic rings. The molecule has 106 valence electrons. The molecule has 1 atom stereocenters. The molecule has 18 heavy (non-hydrogen) atoms. The summed E-state index contributed by atoms with van der Waals surface area (Å²) in [6, 6.07) is -1.45. The van der Waals surface area contributed by atoms with Crippen molar-refractivity contribution < 1.29 is 13.2 Å². The van der Waals surface area contributed by atoms with Crippen LogP contribution >= 0.6 is 0 Å². The van der Waals surface area contributed by atoms with Gasteiger partial charge >= 0.3 is 6.18 Å². The molecule has 1 aliphatic heterocycles. The Bertz CT molecular complexity index is 262. The summed E-state index contributed by atoms with van der Waals surface area (Å²) in [5.41, 5.74) is 5.64. The van der Waals surface area contributed by atoms with Gasteiger partial charge < -0.3 is 5.73 Å². The fourth-order valence-electron chi connectivity index (χ4n) is 3.60. The van der Waals surface area contributed by atoms with Crippen molar-refractivity contribution in [3.05, 3.63) is 0 Å². The van der Waals surface area contributed by atoms with Gasteiger partial charge in [0.05, 0.1) is 0 Å². The van der Waals surface area contributed by atoms with E-state index in [0.717, 1.165) is 12.8 Å². The van der Waals surface area contributed by atoms with Gasteiger partial charge in [0.15, 0.2) is 0 Å². The standard InChI is InChI=1S/C13H23F3N2/c14-13(15,16)11(10-17)18-8-6-12(7-9-18)4-2-1-3-5-12/h11H,1-10,17H2. The number of rotatable bonds is 2. The Morgan fingerprint density at radius 1 is 1.00 bits per heavy atom. The topological polar surface area (TPSA) is 29.3 Å². The average Bonchev–Trinajstić information content (AvgIpc) is 2.32. The van der Waals surface area contributed by atoms with Gasteiger partial charge in [0.25, 0.3) is 0 Å². The number of piperidine rings is 1. The SMILES string of the molecule is NCC(N1CCC2(CCCCC2)CC1)C(F)(F)F. The van der Waals surface area contributed by atoms with Gasteiger partial charge in [0, 0.05) is 6.54 Å². The molecule has 2 rings (SSSR count). The molecule has 5 heteroatoms.